The van der Waals surface area contributed by atoms with Gasteiger partial charge in [-0.2, -0.15) is 0 Å². The van der Waals surface area contributed by atoms with E-state index in [9.17, 15) is 0 Å². The lowest BCUT2D eigenvalue weighted by Gasteiger charge is -2.11. The van der Waals surface area contributed by atoms with E-state index in [1.165, 1.54) is 25.7 Å². The molecule has 92 valence electrons. The van der Waals surface area contributed by atoms with Gasteiger partial charge in [-0.25, -0.2) is 0 Å². The molecule has 0 unspecified atom stereocenters. The molecule has 0 amide bonds. The minimum Gasteiger partial charge on any atom is -0.493 e. The normalized spacial score (nSPS) is 17.4. The minimum atomic E-state index is 0.618. The van der Waals surface area contributed by atoms with E-state index >= 15 is 0 Å². The molecule has 0 saturated heterocycles. The second kappa shape index (κ2) is 5.71. The molecular formula is C14H19NO2. The van der Waals surface area contributed by atoms with E-state index < -0.39 is 0 Å². The van der Waals surface area contributed by atoms with Crippen LogP contribution in [0.2, 0.25) is 0 Å². The Balaban J connectivity index is 1.89. The van der Waals surface area contributed by atoms with E-state index in [0.29, 0.717) is 5.71 Å². The van der Waals surface area contributed by atoms with Gasteiger partial charge in [0.25, 0.3) is 0 Å². The lowest BCUT2D eigenvalue weighted by molar-refractivity contribution is 0.252. The highest BCUT2D eigenvalue weighted by atomic mass is 16.5. The maximum absolute atomic E-state index is 8.66. The summed E-state index contributed by atoms with van der Waals surface area (Å²) in [6.45, 7) is 2.60. The highest BCUT2D eigenvalue weighted by Crippen LogP contribution is 2.25. The summed E-state index contributed by atoms with van der Waals surface area (Å²) in [4.78, 5) is 0. The Morgan fingerprint density at radius 1 is 1.29 bits per heavy atom. The van der Waals surface area contributed by atoms with Gasteiger partial charge in [-0.1, -0.05) is 18.0 Å². The largest absolute Gasteiger partial charge is 0.493 e. The molecule has 0 spiro atoms. The molecule has 2 rings (SSSR count). The van der Waals surface area contributed by atoms with Crippen molar-refractivity contribution in [3.05, 3.63) is 29.8 Å². The molecule has 0 bridgehead atoms. The molecule has 1 aliphatic carbocycles. The number of hydrogen-bond donors (Lipinski definition) is 1. The highest BCUT2D eigenvalue weighted by Gasteiger charge is 2.15. The second-order valence-electron chi connectivity index (χ2n) is 4.67. The second-order valence-corrected chi connectivity index (χ2v) is 4.67. The predicted molar refractivity (Wildman–Crippen MR) is 67.9 cm³/mol. The van der Waals surface area contributed by atoms with Crippen molar-refractivity contribution in [3.63, 3.8) is 0 Å². The van der Waals surface area contributed by atoms with Gasteiger partial charge >= 0.3 is 0 Å². The first-order valence-corrected chi connectivity index (χ1v) is 6.21. The summed E-state index contributed by atoms with van der Waals surface area (Å²) in [5, 5.41) is 11.8. The molecule has 1 fully saturated rings. The van der Waals surface area contributed by atoms with Gasteiger partial charge in [0.15, 0.2) is 0 Å². The van der Waals surface area contributed by atoms with Crippen molar-refractivity contribution in [2.45, 2.75) is 32.6 Å². The summed E-state index contributed by atoms with van der Waals surface area (Å²) >= 11 is 0. The van der Waals surface area contributed by atoms with Crippen LogP contribution in [-0.4, -0.2) is 17.5 Å². The molecule has 3 nitrogen and oxygen atoms in total. The Labute approximate surface area is 102 Å². The van der Waals surface area contributed by atoms with Gasteiger partial charge in [-0.05, 0) is 55.5 Å². The minimum absolute atomic E-state index is 0.618. The van der Waals surface area contributed by atoms with Crippen molar-refractivity contribution in [2.24, 2.45) is 11.1 Å². The SMILES string of the molecule is CC(=NO)c1ccc(OCC2CCCC2)cc1. The molecule has 3 heteroatoms. The van der Waals surface area contributed by atoms with E-state index in [2.05, 4.69) is 5.16 Å². The Hall–Kier alpha value is -1.51. The van der Waals surface area contributed by atoms with Gasteiger partial charge in [0, 0.05) is 0 Å². The summed E-state index contributed by atoms with van der Waals surface area (Å²) in [6.07, 6.45) is 5.29. The first-order valence-electron chi connectivity index (χ1n) is 6.21. The number of rotatable bonds is 4. The van der Waals surface area contributed by atoms with Crippen molar-refractivity contribution in [3.8, 4) is 5.75 Å². The third-order valence-corrected chi connectivity index (χ3v) is 3.38. The topological polar surface area (TPSA) is 41.8 Å². The van der Waals surface area contributed by atoms with Crippen LogP contribution in [0.15, 0.2) is 29.4 Å². The van der Waals surface area contributed by atoms with Crippen LogP contribution in [0, 0.1) is 5.92 Å². The third-order valence-electron chi connectivity index (χ3n) is 3.38. The average molecular weight is 233 g/mol. The van der Waals surface area contributed by atoms with E-state index in [0.717, 1.165) is 23.8 Å². The number of benzene rings is 1. The molecule has 0 heterocycles. The van der Waals surface area contributed by atoms with Crippen LogP contribution in [0.25, 0.3) is 0 Å². The predicted octanol–water partition coefficient (Wildman–Crippen LogP) is 3.45. The van der Waals surface area contributed by atoms with Crippen LogP contribution in [0.4, 0.5) is 0 Å². The Bertz CT molecular complexity index is 378. The summed E-state index contributed by atoms with van der Waals surface area (Å²) in [7, 11) is 0. The molecule has 1 aliphatic rings. The van der Waals surface area contributed by atoms with Crippen molar-refractivity contribution in [1.29, 1.82) is 0 Å². The van der Waals surface area contributed by atoms with Crippen LogP contribution in [-0.2, 0) is 0 Å². The fraction of sp³-hybridized carbons (Fsp3) is 0.500. The van der Waals surface area contributed by atoms with E-state index in [-0.39, 0.29) is 0 Å². The monoisotopic (exact) mass is 233 g/mol. The van der Waals surface area contributed by atoms with Gasteiger partial charge in [0.2, 0.25) is 0 Å². The number of nitrogens with zero attached hydrogens (tertiary/aromatic N) is 1. The van der Waals surface area contributed by atoms with Crippen molar-refractivity contribution in [2.75, 3.05) is 6.61 Å². The van der Waals surface area contributed by atoms with Crippen LogP contribution in [0.5, 0.6) is 5.75 Å². The first kappa shape index (κ1) is 12.0. The first-order chi connectivity index (χ1) is 8.29. The molecule has 1 aromatic carbocycles. The summed E-state index contributed by atoms with van der Waals surface area (Å²) < 4.78 is 5.76. The lowest BCUT2D eigenvalue weighted by atomic mass is 10.1. The standard InChI is InChI=1S/C14H19NO2/c1-11(15-16)13-6-8-14(9-7-13)17-10-12-4-2-3-5-12/h6-9,12,16H,2-5,10H2,1H3. The zero-order chi connectivity index (χ0) is 12.1. The molecule has 1 saturated carbocycles. The van der Waals surface area contributed by atoms with Gasteiger partial charge in [0.1, 0.15) is 5.75 Å². The zero-order valence-electron chi connectivity index (χ0n) is 10.2. The molecule has 0 aliphatic heterocycles. The quantitative estimate of drug-likeness (QED) is 0.491. The lowest BCUT2D eigenvalue weighted by Crippen LogP contribution is -2.08. The molecule has 0 radical (unpaired) electrons. The summed E-state index contributed by atoms with van der Waals surface area (Å²) in [5.41, 5.74) is 1.54. The van der Waals surface area contributed by atoms with Gasteiger partial charge in [0.05, 0.1) is 12.3 Å². The molecule has 0 atom stereocenters. The van der Waals surface area contributed by atoms with Gasteiger partial charge in [-0.3, -0.25) is 0 Å². The molecular weight excluding hydrogens is 214 g/mol. The van der Waals surface area contributed by atoms with Crippen molar-refractivity contribution in [1.82, 2.24) is 0 Å². The molecule has 17 heavy (non-hydrogen) atoms. The number of oxime groups is 1. The van der Waals surface area contributed by atoms with E-state index in [1.807, 2.05) is 24.3 Å². The molecule has 1 N–H and O–H groups in total. The average Bonchev–Trinajstić information content (AvgIpc) is 2.89. The van der Waals surface area contributed by atoms with Gasteiger partial charge < -0.3 is 9.94 Å². The maximum atomic E-state index is 8.66. The Kier molecular flexibility index (Phi) is 4.02. The highest BCUT2D eigenvalue weighted by molar-refractivity contribution is 5.98. The number of hydrogen-bond acceptors (Lipinski definition) is 3. The van der Waals surface area contributed by atoms with Crippen molar-refractivity contribution >= 4 is 5.71 Å². The van der Waals surface area contributed by atoms with Crippen LogP contribution < -0.4 is 4.74 Å². The fourth-order valence-corrected chi connectivity index (χ4v) is 2.24. The van der Waals surface area contributed by atoms with Crippen LogP contribution in [0.3, 0.4) is 0 Å². The maximum Gasteiger partial charge on any atom is 0.119 e. The molecule has 1 aromatic rings. The smallest absolute Gasteiger partial charge is 0.119 e. The fourth-order valence-electron chi connectivity index (χ4n) is 2.24. The Morgan fingerprint density at radius 3 is 2.53 bits per heavy atom. The Morgan fingerprint density at radius 2 is 1.94 bits per heavy atom. The third kappa shape index (κ3) is 3.22. The molecule has 0 aromatic heterocycles. The van der Waals surface area contributed by atoms with Crippen LogP contribution in [0.1, 0.15) is 38.2 Å². The number of ether oxygens (including phenoxy) is 1. The van der Waals surface area contributed by atoms with Crippen molar-refractivity contribution < 1.29 is 9.94 Å². The zero-order valence-corrected chi connectivity index (χ0v) is 10.2. The summed E-state index contributed by atoms with van der Waals surface area (Å²) in [6, 6.07) is 7.69. The summed E-state index contributed by atoms with van der Waals surface area (Å²) in [5.74, 6) is 1.63. The van der Waals surface area contributed by atoms with Crippen LogP contribution >= 0.6 is 0 Å². The van der Waals surface area contributed by atoms with E-state index in [4.69, 9.17) is 9.94 Å². The van der Waals surface area contributed by atoms with Gasteiger partial charge in [-0.15, -0.1) is 0 Å². The van der Waals surface area contributed by atoms with E-state index in [1.54, 1.807) is 6.92 Å².